The molecule has 0 saturated heterocycles. The Bertz CT molecular complexity index is 537. The normalized spacial score (nSPS) is 9.95. The second-order valence-electron chi connectivity index (χ2n) is 4.28. The van der Waals surface area contributed by atoms with Crippen LogP contribution in [0.1, 0.15) is 12.5 Å². The number of carbonyl (C=O) groups is 1. The van der Waals surface area contributed by atoms with E-state index in [1.807, 2.05) is 48.5 Å². The average Bonchev–Trinajstić information content (AvgIpc) is 2.46. The van der Waals surface area contributed by atoms with Crippen LogP contribution in [0.15, 0.2) is 54.6 Å². The van der Waals surface area contributed by atoms with Crippen molar-refractivity contribution < 1.29 is 4.79 Å². The van der Waals surface area contributed by atoms with Crippen molar-refractivity contribution in [2.24, 2.45) is 0 Å². The molecule has 2 aromatic carbocycles. The molecule has 2 N–H and O–H groups in total. The lowest BCUT2D eigenvalue weighted by Crippen LogP contribution is -2.22. The molecule has 0 atom stereocenters. The van der Waals surface area contributed by atoms with Gasteiger partial charge in [-0.3, -0.25) is 4.79 Å². The van der Waals surface area contributed by atoms with Crippen LogP contribution in [0.5, 0.6) is 0 Å². The molecule has 1 amide bonds. The van der Waals surface area contributed by atoms with Gasteiger partial charge in [-0.1, -0.05) is 43.3 Å². The Morgan fingerprint density at radius 1 is 1.00 bits per heavy atom. The summed E-state index contributed by atoms with van der Waals surface area (Å²) in [6, 6.07) is 17.5. The van der Waals surface area contributed by atoms with Crippen LogP contribution >= 0.6 is 0 Å². The molecule has 0 aromatic heterocycles. The molecule has 0 aliphatic carbocycles. The molecule has 2 aromatic rings. The summed E-state index contributed by atoms with van der Waals surface area (Å²) in [5.41, 5.74) is 3.06. The van der Waals surface area contributed by atoms with E-state index in [1.165, 1.54) is 5.56 Å². The number of anilines is 2. The second-order valence-corrected chi connectivity index (χ2v) is 4.28. The quantitative estimate of drug-likeness (QED) is 0.859. The largest absolute Gasteiger partial charge is 0.376 e. The molecular weight excluding hydrogens is 236 g/mol. The highest BCUT2D eigenvalue weighted by Crippen LogP contribution is 2.15. The molecule has 0 unspecified atom stereocenters. The molecule has 0 heterocycles. The van der Waals surface area contributed by atoms with Crippen LogP contribution in [0.3, 0.4) is 0 Å². The van der Waals surface area contributed by atoms with Crippen molar-refractivity contribution in [1.82, 2.24) is 0 Å². The molecule has 0 aliphatic rings. The Balaban J connectivity index is 1.90. The molecular formula is C16H18N2O. The summed E-state index contributed by atoms with van der Waals surface area (Å²) in [5.74, 6) is -0.0443. The molecule has 0 fully saturated rings. The number of benzene rings is 2. The first-order valence-corrected chi connectivity index (χ1v) is 6.46. The highest BCUT2D eigenvalue weighted by Gasteiger charge is 2.03. The molecule has 3 heteroatoms. The van der Waals surface area contributed by atoms with Crippen LogP contribution < -0.4 is 10.6 Å². The highest BCUT2D eigenvalue weighted by molar-refractivity contribution is 5.93. The zero-order valence-corrected chi connectivity index (χ0v) is 11.0. The fourth-order valence-corrected chi connectivity index (χ4v) is 1.90. The highest BCUT2D eigenvalue weighted by atomic mass is 16.1. The number of nitrogens with one attached hydrogen (secondary N) is 2. The van der Waals surface area contributed by atoms with E-state index in [0.29, 0.717) is 0 Å². The number of amides is 1. The third-order valence-electron chi connectivity index (χ3n) is 2.90. The predicted molar refractivity (Wildman–Crippen MR) is 79.4 cm³/mol. The van der Waals surface area contributed by atoms with Crippen molar-refractivity contribution in [3.8, 4) is 0 Å². The number of rotatable bonds is 5. The summed E-state index contributed by atoms with van der Waals surface area (Å²) in [6.45, 7) is 2.37. The number of hydrogen-bond donors (Lipinski definition) is 2. The van der Waals surface area contributed by atoms with Gasteiger partial charge in [0.05, 0.1) is 6.54 Å². The van der Waals surface area contributed by atoms with E-state index in [9.17, 15) is 4.79 Å². The van der Waals surface area contributed by atoms with Crippen molar-refractivity contribution in [3.63, 3.8) is 0 Å². The summed E-state index contributed by atoms with van der Waals surface area (Å²) in [4.78, 5) is 11.8. The van der Waals surface area contributed by atoms with Gasteiger partial charge in [0.1, 0.15) is 0 Å². The van der Waals surface area contributed by atoms with Gasteiger partial charge in [0.2, 0.25) is 5.91 Å². The van der Waals surface area contributed by atoms with E-state index in [1.54, 1.807) is 0 Å². The first-order chi connectivity index (χ1) is 9.29. The SMILES string of the molecule is CCc1ccccc1NCC(=O)Nc1ccccc1. The number of carbonyl (C=O) groups excluding carboxylic acids is 1. The van der Waals surface area contributed by atoms with E-state index < -0.39 is 0 Å². The monoisotopic (exact) mass is 254 g/mol. The Morgan fingerprint density at radius 3 is 2.42 bits per heavy atom. The van der Waals surface area contributed by atoms with Crippen molar-refractivity contribution in [1.29, 1.82) is 0 Å². The minimum atomic E-state index is -0.0443. The van der Waals surface area contributed by atoms with E-state index in [2.05, 4.69) is 23.6 Å². The summed E-state index contributed by atoms with van der Waals surface area (Å²) < 4.78 is 0. The lowest BCUT2D eigenvalue weighted by Gasteiger charge is -2.11. The first-order valence-electron chi connectivity index (χ1n) is 6.46. The van der Waals surface area contributed by atoms with Gasteiger partial charge < -0.3 is 10.6 Å². The maximum Gasteiger partial charge on any atom is 0.243 e. The van der Waals surface area contributed by atoms with Gasteiger partial charge in [0, 0.05) is 11.4 Å². The van der Waals surface area contributed by atoms with E-state index in [-0.39, 0.29) is 12.5 Å². The number of hydrogen-bond acceptors (Lipinski definition) is 2. The molecule has 0 radical (unpaired) electrons. The Labute approximate surface area is 113 Å². The van der Waals surface area contributed by atoms with Gasteiger partial charge in [-0.2, -0.15) is 0 Å². The molecule has 19 heavy (non-hydrogen) atoms. The van der Waals surface area contributed by atoms with Crippen LogP contribution in [-0.2, 0) is 11.2 Å². The number of aryl methyl sites for hydroxylation is 1. The molecule has 0 saturated carbocycles. The van der Waals surface area contributed by atoms with Gasteiger partial charge >= 0.3 is 0 Å². The van der Waals surface area contributed by atoms with Gasteiger partial charge in [0.15, 0.2) is 0 Å². The van der Waals surface area contributed by atoms with Crippen LogP contribution in [0.2, 0.25) is 0 Å². The standard InChI is InChI=1S/C16H18N2O/c1-2-13-8-6-7-11-15(13)17-12-16(19)18-14-9-4-3-5-10-14/h3-11,17H,2,12H2,1H3,(H,18,19). The third-order valence-corrected chi connectivity index (χ3v) is 2.90. The average molecular weight is 254 g/mol. The maximum absolute atomic E-state index is 11.8. The van der Waals surface area contributed by atoms with Crippen molar-refractivity contribution in [2.75, 3.05) is 17.2 Å². The minimum absolute atomic E-state index is 0.0443. The molecule has 3 nitrogen and oxygen atoms in total. The van der Waals surface area contributed by atoms with Gasteiger partial charge in [0.25, 0.3) is 0 Å². The molecule has 98 valence electrons. The van der Waals surface area contributed by atoms with Crippen molar-refractivity contribution >= 4 is 17.3 Å². The smallest absolute Gasteiger partial charge is 0.243 e. The lowest BCUT2D eigenvalue weighted by atomic mass is 10.1. The van der Waals surface area contributed by atoms with E-state index in [4.69, 9.17) is 0 Å². The topological polar surface area (TPSA) is 41.1 Å². The molecule has 2 rings (SSSR count). The predicted octanol–water partition coefficient (Wildman–Crippen LogP) is 3.30. The fourth-order valence-electron chi connectivity index (χ4n) is 1.90. The summed E-state index contributed by atoms with van der Waals surface area (Å²) in [6.07, 6.45) is 0.948. The summed E-state index contributed by atoms with van der Waals surface area (Å²) >= 11 is 0. The van der Waals surface area contributed by atoms with Crippen LogP contribution in [0, 0.1) is 0 Å². The Kier molecular flexibility index (Phi) is 4.56. The second kappa shape index (κ2) is 6.59. The zero-order chi connectivity index (χ0) is 13.5. The van der Waals surface area contributed by atoms with Gasteiger partial charge in [-0.25, -0.2) is 0 Å². The van der Waals surface area contributed by atoms with Gasteiger partial charge in [-0.05, 0) is 30.2 Å². The lowest BCUT2D eigenvalue weighted by molar-refractivity contribution is -0.114. The summed E-state index contributed by atoms with van der Waals surface area (Å²) in [7, 11) is 0. The van der Waals surface area contributed by atoms with Crippen molar-refractivity contribution in [3.05, 3.63) is 60.2 Å². The number of para-hydroxylation sites is 2. The third kappa shape index (κ3) is 3.85. The zero-order valence-electron chi connectivity index (χ0n) is 11.0. The van der Waals surface area contributed by atoms with Crippen LogP contribution in [0.25, 0.3) is 0 Å². The van der Waals surface area contributed by atoms with E-state index >= 15 is 0 Å². The fraction of sp³-hybridized carbons (Fsp3) is 0.188. The summed E-state index contributed by atoms with van der Waals surface area (Å²) in [5, 5.41) is 6.02. The molecule has 0 spiro atoms. The maximum atomic E-state index is 11.8. The van der Waals surface area contributed by atoms with Crippen LogP contribution in [-0.4, -0.2) is 12.5 Å². The Morgan fingerprint density at radius 2 is 1.68 bits per heavy atom. The Hall–Kier alpha value is -2.29. The first kappa shape index (κ1) is 13.1. The minimum Gasteiger partial charge on any atom is -0.376 e. The van der Waals surface area contributed by atoms with Crippen molar-refractivity contribution in [2.45, 2.75) is 13.3 Å². The molecule has 0 bridgehead atoms. The van der Waals surface area contributed by atoms with E-state index in [0.717, 1.165) is 17.8 Å². The molecule has 0 aliphatic heterocycles. The van der Waals surface area contributed by atoms with Crippen LogP contribution in [0.4, 0.5) is 11.4 Å². The van der Waals surface area contributed by atoms with Gasteiger partial charge in [-0.15, -0.1) is 0 Å².